The molecule has 2 aromatic heterocycles. The van der Waals surface area contributed by atoms with Crippen LogP contribution in [-0.2, 0) is 10.0 Å². The van der Waals surface area contributed by atoms with Crippen LogP contribution in [0, 0.1) is 0 Å². The smallest absolute Gasteiger partial charge is 0.325 e. The highest BCUT2D eigenvalue weighted by atomic mass is 32.2. The van der Waals surface area contributed by atoms with Gasteiger partial charge in [0.25, 0.3) is 5.56 Å². The van der Waals surface area contributed by atoms with E-state index < -0.39 is 21.3 Å². The highest BCUT2D eigenvalue weighted by Crippen LogP contribution is 2.43. The second kappa shape index (κ2) is 9.14. The van der Waals surface area contributed by atoms with Gasteiger partial charge in [0.2, 0.25) is 10.0 Å². The molecule has 0 bridgehead atoms. The van der Waals surface area contributed by atoms with Gasteiger partial charge in [-0.15, -0.1) is 0 Å². The fourth-order valence-electron chi connectivity index (χ4n) is 4.17. The number of aromatic amines is 2. The summed E-state index contributed by atoms with van der Waals surface area (Å²) in [4.78, 5) is 29.0. The minimum Gasteiger partial charge on any atom is -0.495 e. The largest absolute Gasteiger partial charge is 0.495 e. The van der Waals surface area contributed by atoms with Crippen molar-refractivity contribution in [2.75, 3.05) is 18.1 Å². The summed E-state index contributed by atoms with van der Waals surface area (Å²) >= 11 is 1.55. The van der Waals surface area contributed by atoms with E-state index in [0.29, 0.717) is 22.6 Å². The molecule has 2 heterocycles. The molecule has 0 amide bonds. The first-order valence-electron chi connectivity index (χ1n) is 10.8. The van der Waals surface area contributed by atoms with Gasteiger partial charge in [-0.25, -0.2) is 13.2 Å². The molecule has 10 heteroatoms. The molecule has 0 aliphatic heterocycles. The molecule has 0 radical (unpaired) electrons. The second-order valence-corrected chi connectivity index (χ2v) is 10.8. The monoisotopic (exact) mass is 519 g/mol. The average Bonchev–Trinajstić information content (AvgIpc) is 3.37. The third-order valence-corrected chi connectivity index (χ3v) is 7.00. The van der Waals surface area contributed by atoms with Crippen LogP contribution in [0.25, 0.3) is 44.2 Å². The molecular weight excluding hydrogens is 498 g/mol. The number of sulfonamides is 1. The third-order valence-electron chi connectivity index (χ3n) is 5.71. The Morgan fingerprint density at radius 1 is 0.861 bits per heavy atom. The molecule has 0 atom stereocenters. The Balaban J connectivity index is 1.72. The minimum atomic E-state index is -3.39. The molecule has 0 aliphatic carbocycles. The van der Waals surface area contributed by atoms with Crippen LogP contribution >= 0.6 is 11.3 Å². The van der Waals surface area contributed by atoms with Gasteiger partial charge < -0.3 is 9.72 Å². The van der Waals surface area contributed by atoms with E-state index in [9.17, 15) is 18.0 Å². The Morgan fingerprint density at radius 3 is 2.25 bits per heavy atom. The van der Waals surface area contributed by atoms with Crippen molar-refractivity contribution in [3.63, 3.8) is 0 Å². The molecule has 5 aromatic rings. The molecule has 36 heavy (non-hydrogen) atoms. The van der Waals surface area contributed by atoms with Gasteiger partial charge in [0.1, 0.15) is 5.75 Å². The van der Waals surface area contributed by atoms with E-state index in [4.69, 9.17) is 4.74 Å². The van der Waals surface area contributed by atoms with Crippen molar-refractivity contribution in [1.29, 1.82) is 0 Å². The van der Waals surface area contributed by atoms with Crippen molar-refractivity contribution < 1.29 is 13.2 Å². The molecule has 8 nitrogen and oxygen atoms in total. The van der Waals surface area contributed by atoms with Gasteiger partial charge in [-0.2, -0.15) is 11.3 Å². The van der Waals surface area contributed by atoms with Crippen LogP contribution in [-0.4, -0.2) is 31.8 Å². The number of anilines is 1. The first-order chi connectivity index (χ1) is 17.2. The average molecular weight is 520 g/mol. The summed E-state index contributed by atoms with van der Waals surface area (Å²) in [6.07, 6.45) is 2.51. The number of rotatable bonds is 6. The predicted molar refractivity (Wildman–Crippen MR) is 144 cm³/mol. The van der Waals surface area contributed by atoms with Gasteiger partial charge in [-0.05, 0) is 74.6 Å². The standard InChI is InChI=1S/C26H21N3O5S2/c1-34-24-21(17-4-3-16-10-20(29-36(2,32)33)6-5-15(16)9-17)11-19(12-22(24)18-7-8-35-14-18)23-13-27-26(31)28-25(23)30/h3-14,29H,1-2H3,(H2,27,28,30,31). The van der Waals surface area contributed by atoms with Crippen LogP contribution in [0.2, 0.25) is 0 Å². The zero-order chi connectivity index (χ0) is 25.4. The van der Waals surface area contributed by atoms with Crippen molar-refractivity contribution in [3.05, 3.63) is 92.4 Å². The van der Waals surface area contributed by atoms with E-state index >= 15 is 0 Å². The fourth-order valence-corrected chi connectivity index (χ4v) is 5.38. The predicted octanol–water partition coefficient (Wildman–Crippen LogP) is 4.66. The summed E-state index contributed by atoms with van der Waals surface area (Å²) in [5.41, 5.74) is 3.73. The van der Waals surface area contributed by atoms with E-state index in [2.05, 4.69) is 14.7 Å². The normalized spacial score (nSPS) is 11.5. The fraction of sp³-hybridized carbons (Fsp3) is 0.0769. The van der Waals surface area contributed by atoms with Crippen molar-refractivity contribution >= 4 is 37.8 Å². The molecule has 0 unspecified atom stereocenters. The number of methoxy groups -OCH3 is 1. The number of thiophene rings is 1. The van der Waals surface area contributed by atoms with Crippen LogP contribution in [0.4, 0.5) is 5.69 Å². The van der Waals surface area contributed by atoms with Crippen LogP contribution < -0.4 is 20.7 Å². The number of benzene rings is 3. The molecule has 0 spiro atoms. The number of ether oxygens (including phenoxy) is 1. The van der Waals surface area contributed by atoms with E-state index in [1.807, 2.05) is 53.2 Å². The maximum Gasteiger partial charge on any atom is 0.325 e. The lowest BCUT2D eigenvalue weighted by Gasteiger charge is -2.17. The van der Waals surface area contributed by atoms with Crippen molar-refractivity contribution in [1.82, 2.24) is 9.97 Å². The van der Waals surface area contributed by atoms with Gasteiger partial charge in [-0.1, -0.05) is 18.2 Å². The Bertz CT molecular complexity index is 1820. The van der Waals surface area contributed by atoms with E-state index in [1.54, 1.807) is 30.6 Å². The van der Waals surface area contributed by atoms with Gasteiger partial charge in [0, 0.05) is 23.0 Å². The number of H-pyrrole nitrogens is 2. The van der Waals surface area contributed by atoms with Crippen LogP contribution in [0.5, 0.6) is 5.75 Å². The molecule has 0 fully saturated rings. The molecule has 0 saturated heterocycles. The Kier molecular flexibility index (Phi) is 5.99. The maximum absolute atomic E-state index is 12.6. The first-order valence-corrected chi connectivity index (χ1v) is 13.6. The third kappa shape index (κ3) is 4.68. The van der Waals surface area contributed by atoms with Crippen LogP contribution in [0.15, 0.2) is 81.1 Å². The van der Waals surface area contributed by atoms with E-state index in [1.165, 1.54) is 6.20 Å². The molecule has 3 aromatic carbocycles. The SMILES string of the molecule is COc1c(-c2ccsc2)cc(-c2c[nH]c(=O)[nH]c2=O)cc1-c1ccc2cc(NS(C)(=O)=O)ccc2c1. The molecule has 0 saturated carbocycles. The summed E-state index contributed by atoms with van der Waals surface area (Å²) in [5.74, 6) is 0.646. The number of nitrogens with one attached hydrogen (secondary N) is 3. The minimum absolute atomic E-state index is 0.326. The zero-order valence-corrected chi connectivity index (χ0v) is 20.9. The lowest BCUT2D eigenvalue weighted by Crippen LogP contribution is -2.22. The summed E-state index contributed by atoms with van der Waals surface area (Å²) in [6, 6.07) is 16.8. The van der Waals surface area contributed by atoms with Gasteiger partial charge in [0.05, 0.1) is 18.9 Å². The highest BCUT2D eigenvalue weighted by molar-refractivity contribution is 7.92. The van der Waals surface area contributed by atoms with Crippen molar-refractivity contribution in [2.24, 2.45) is 0 Å². The topological polar surface area (TPSA) is 121 Å². The lowest BCUT2D eigenvalue weighted by molar-refractivity contribution is 0.418. The molecule has 3 N–H and O–H groups in total. The number of aromatic nitrogens is 2. The zero-order valence-electron chi connectivity index (χ0n) is 19.3. The summed E-state index contributed by atoms with van der Waals surface area (Å²) in [5, 5.41) is 5.72. The quantitative estimate of drug-likeness (QED) is 0.301. The lowest BCUT2D eigenvalue weighted by atomic mass is 9.92. The van der Waals surface area contributed by atoms with Crippen LogP contribution in [0.3, 0.4) is 0 Å². The summed E-state index contributed by atoms with van der Waals surface area (Å²) in [6.45, 7) is 0. The number of hydrogen-bond acceptors (Lipinski definition) is 6. The Labute approximate surface area is 210 Å². The highest BCUT2D eigenvalue weighted by Gasteiger charge is 2.18. The Morgan fingerprint density at radius 2 is 1.58 bits per heavy atom. The molecule has 0 aliphatic rings. The second-order valence-electron chi connectivity index (χ2n) is 8.25. The number of fused-ring (bicyclic) bond motifs is 1. The van der Waals surface area contributed by atoms with Gasteiger partial charge >= 0.3 is 5.69 Å². The van der Waals surface area contributed by atoms with E-state index in [0.717, 1.165) is 39.3 Å². The van der Waals surface area contributed by atoms with Gasteiger partial charge in [0.15, 0.2) is 0 Å². The molecule has 5 rings (SSSR count). The van der Waals surface area contributed by atoms with Gasteiger partial charge in [-0.3, -0.25) is 14.5 Å². The van der Waals surface area contributed by atoms with E-state index in [-0.39, 0.29) is 0 Å². The maximum atomic E-state index is 12.6. The van der Waals surface area contributed by atoms with Crippen molar-refractivity contribution in [2.45, 2.75) is 0 Å². The molecule has 182 valence electrons. The number of hydrogen-bond donors (Lipinski definition) is 3. The Hall–Kier alpha value is -4.15. The molecular formula is C26H21N3O5S2. The van der Waals surface area contributed by atoms with Crippen LogP contribution in [0.1, 0.15) is 0 Å². The summed E-state index contributed by atoms with van der Waals surface area (Å²) < 4.78 is 31.6. The summed E-state index contributed by atoms with van der Waals surface area (Å²) in [7, 11) is -1.78. The first kappa shape index (κ1) is 23.6. The van der Waals surface area contributed by atoms with Crippen molar-refractivity contribution in [3.8, 4) is 39.1 Å².